The summed E-state index contributed by atoms with van der Waals surface area (Å²) < 4.78 is 12.4. The molecule has 2 fully saturated rings. The van der Waals surface area contributed by atoms with Gasteiger partial charge in [-0.25, -0.2) is 0 Å². The van der Waals surface area contributed by atoms with E-state index in [-0.39, 0.29) is 5.91 Å². The van der Waals surface area contributed by atoms with Crippen LogP contribution in [0.4, 0.5) is 5.69 Å². The van der Waals surface area contributed by atoms with Crippen LogP contribution in [0.3, 0.4) is 0 Å². The Bertz CT molecular complexity index is 1320. The number of amides is 1. The summed E-state index contributed by atoms with van der Waals surface area (Å²) in [6.45, 7) is 5.76. The van der Waals surface area contributed by atoms with E-state index in [0.29, 0.717) is 38.0 Å². The number of hydrogen-bond donors (Lipinski definition) is 0. The van der Waals surface area contributed by atoms with Gasteiger partial charge in [-0.3, -0.25) is 14.6 Å². The molecule has 0 spiro atoms. The van der Waals surface area contributed by atoms with Crippen molar-refractivity contribution in [2.75, 3.05) is 51.3 Å². The number of piperazine rings is 1. The minimum Gasteiger partial charge on any atom is -0.492 e. The van der Waals surface area contributed by atoms with Gasteiger partial charge in [0.05, 0.1) is 10.6 Å². The second kappa shape index (κ2) is 12.3. The first-order valence-electron chi connectivity index (χ1n) is 12.4. The lowest BCUT2D eigenvalue weighted by molar-refractivity contribution is -0.113. The number of thioether (sulfide) groups is 1. The highest BCUT2D eigenvalue weighted by atomic mass is 35.5. The van der Waals surface area contributed by atoms with Crippen LogP contribution < -0.4 is 14.4 Å². The molecule has 0 unspecified atom stereocenters. The number of halogens is 1. The van der Waals surface area contributed by atoms with Crippen molar-refractivity contribution in [3.63, 3.8) is 0 Å². The predicted molar refractivity (Wildman–Crippen MR) is 159 cm³/mol. The van der Waals surface area contributed by atoms with Crippen LogP contribution in [0.5, 0.6) is 17.2 Å². The third kappa shape index (κ3) is 6.76. The first-order chi connectivity index (χ1) is 18.4. The predicted octanol–water partition coefficient (Wildman–Crippen LogP) is 6.16. The topological polar surface area (TPSA) is 45.2 Å². The van der Waals surface area contributed by atoms with E-state index < -0.39 is 0 Å². The van der Waals surface area contributed by atoms with E-state index in [2.05, 4.69) is 16.8 Å². The standard InChI is InChI=1S/C29H28ClN3O3S2/c1-31-13-15-32(16-14-31)17-18-35-26-4-2-3-23(20-26)33-28(34)27(38-29(33)37)19-21-5-9-24(10-6-21)36-25-11-7-22(30)8-12-25/h2-12,19-20H,13-18H2,1H3/b27-19-. The van der Waals surface area contributed by atoms with Crippen LogP contribution in [0.1, 0.15) is 5.56 Å². The molecule has 0 aromatic heterocycles. The summed E-state index contributed by atoms with van der Waals surface area (Å²) in [6.07, 6.45) is 1.85. The minimum atomic E-state index is -0.143. The maximum absolute atomic E-state index is 13.3. The molecule has 2 aliphatic rings. The van der Waals surface area contributed by atoms with Crippen LogP contribution in [0.2, 0.25) is 5.02 Å². The molecule has 2 aliphatic heterocycles. The summed E-state index contributed by atoms with van der Waals surface area (Å²) in [6, 6.07) is 22.3. The molecular formula is C29H28ClN3O3S2. The monoisotopic (exact) mass is 565 g/mol. The smallest absolute Gasteiger partial charge is 0.270 e. The molecule has 0 saturated carbocycles. The number of benzene rings is 3. The van der Waals surface area contributed by atoms with Crippen LogP contribution in [-0.4, -0.2) is 66.4 Å². The van der Waals surface area contributed by atoms with Gasteiger partial charge in [0, 0.05) is 43.8 Å². The fourth-order valence-electron chi connectivity index (χ4n) is 4.19. The molecule has 0 N–H and O–H groups in total. The van der Waals surface area contributed by atoms with Gasteiger partial charge >= 0.3 is 0 Å². The van der Waals surface area contributed by atoms with Crippen LogP contribution >= 0.6 is 35.6 Å². The van der Waals surface area contributed by atoms with E-state index in [1.165, 1.54) is 11.8 Å². The van der Waals surface area contributed by atoms with Crippen molar-refractivity contribution in [3.05, 3.63) is 88.3 Å². The summed E-state index contributed by atoms with van der Waals surface area (Å²) in [5.74, 6) is 1.98. The molecule has 1 amide bonds. The summed E-state index contributed by atoms with van der Waals surface area (Å²) in [4.78, 5) is 20.2. The molecule has 0 bridgehead atoms. The van der Waals surface area contributed by atoms with Gasteiger partial charge in [-0.15, -0.1) is 0 Å². The maximum Gasteiger partial charge on any atom is 0.270 e. The Hall–Kier alpha value is -2.88. The maximum atomic E-state index is 13.3. The highest BCUT2D eigenvalue weighted by Gasteiger charge is 2.33. The Morgan fingerprint density at radius 3 is 2.34 bits per heavy atom. The number of likely N-dealkylation sites (N-methyl/N-ethyl adjacent to an activating group) is 1. The molecule has 0 aliphatic carbocycles. The Labute approximate surface area is 237 Å². The lowest BCUT2D eigenvalue weighted by Gasteiger charge is -2.32. The molecule has 0 atom stereocenters. The highest BCUT2D eigenvalue weighted by molar-refractivity contribution is 8.27. The number of thiocarbonyl (C=S) groups is 1. The van der Waals surface area contributed by atoms with E-state index in [1.807, 2.05) is 66.7 Å². The molecule has 9 heteroatoms. The van der Waals surface area contributed by atoms with Crippen LogP contribution in [0.25, 0.3) is 6.08 Å². The van der Waals surface area contributed by atoms with Gasteiger partial charge in [-0.05, 0) is 67.2 Å². The van der Waals surface area contributed by atoms with Gasteiger partial charge < -0.3 is 14.4 Å². The second-order valence-corrected chi connectivity index (χ2v) is 11.2. The van der Waals surface area contributed by atoms with E-state index in [9.17, 15) is 4.79 Å². The largest absolute Gasteiger partial charge is 0.492 e. The zero-order valence-electron chi connectivity index (χ0n) is 21.0. The first kappa shape index (κ1) is 26.7. The number of ether oxygens (including phenoxy) is 2. The molecule has 0 radical (unpaired) electrons. The summed E-state index contributed by atoms with van der Waals surface area (Å²) in [5.41, 5.74) is 1.59. The summed E-state index contributed by atoms with van der Waals surface area (Å²) >= 11 is 12.8. The molecule has 196 valence electrons. The van der Waals surface area contributed by atoms with Crippen LogP contribution in [-0.2, 0) is 4.79 Å². The number of anilines is 1. The number of hydrogen-bond acceptors (Lipinski definition) is 7. The Morgan fingerprint density at radius 2 is 1.63 bits per heavy atom. The lowest BCUT2D eigenvalue weighted by Crippen LogP contribution is -2.45. The van der Waals surface area contributed by atoms with Gasteiger partial charge in [0.25, 0.3) is 5.91 Å². The molecule has 3 aromatic rings. The molecule has 3 aromatic carbocycles. The lowest BCUT2D eigenvalue weighted by atomic mass is 10.2. The fraction of sp³-hybridized carbons (Fsp3) is 0.241. The van der Waals surface area contributed by atoms with Gasteiger partial charge in [0.15, 0.2) is 4.32 Å². The van der Waals surface area contributed by atoms with Crippen molar-refractivity contribution in [1.29, 1.82) is 0 Å². The second-order valence-electron chi connectivity index (χ2n) is 9.13. The van der Waals surface area contributed by atoms with Gasteiger partial charge in [0.1, 0.15) is 23.9 Å². The Kier molecular flexibility index (Phi) is 8.66. The number of rotatable bonds is 8. The number of carbonyl (C=O) groups is 1. The molecule has 38 heavy (non-hydrogen) atoms. The van der Waals surface area contributed by atoms with Crippen molar-refractivity contribution in [2.24, 2.45) is 0 Å². The summed E-state index contributed by atoms with van der Waals surface area (Å²) in [7, 11) is 2.15. The zero-order valence-corrected chi connectivity index (χ0v) is 23.4. The van der Waals surface area contributed by atoms with E-state index >= 15 is 0 Å². The highest BCUT2D eigenvalue weighted by Crippen LogP contribution is 2.37. The van der Waals surface area contributed by atoms with Crippen molar-refractivity contribution in [2.45, 2.75) is 0 Å². The number of nitrogens with zero attached hydrogens (tertiary/aromatic N) is 3. The van der Waals surface area contributed by atoms with Crippen molar-refractivity contribution < 1.29 is 14.3 Å². The zero-order chi connectivity index (χ0) is 26.5. The first-order valence-corrected chi connectivity index (χ1v) is 14.0. The fourth-order valence-corrected chi connectivity index (χ4v) is 5.61. The van der Waals surface area contributed by atoms with Crippen molar-refractivity contribution in [1.82, 2.24) is 9.80 Å². The van der Waals surface area contributed by atoms with Crippen LogP contribution in [0, 0.1) is 0 Å². The minimum absolute atomic E-state index is 0.143. The van der Waals surface area contributed by atoms with E-state index in [4.69, 9.17) is 33.3 Å². The molecule has 5 rings (SSSR count). The van der Waals surface area contributed by atoms with Crippen LogP contribution in [0.15, 0.2) is 77.7 Å². The normalized spacial score (nSPS) is 17.8. The number of carbonyl (C=O) groups excluding carboxylic acids is 1. The summed E-state index contributed by atoms with van der Waals surface area (Å²) in [5, 5.41) is 0.658. The average Bonchev–Trinajstić information content (AvgIpc) is 3.20. The molecule has 2 saturated heterocycles. The molecule has 6 nitrogen and oxygen atoms in total. The SMILES string of the molecule is CN1CCN(CCOc2cccc(N3C(=O)/C(=C/c4ccc(Oc5ccc(Cl)cc5)cc4)SC3=S)c2)CC1. The van der Waals surface area contributed by atoms with Crippen molar-refractivity contribution in [3.8, 4) is 17.2 Å². The Balaban J connectivity index is 1.20. The molecule has 2 heterocycles. The van der Waals surface area contributed by atoms with Crippen molar-refractivity contribution >= 4 is 57.6 Å². The van der Waals surface area contributed by atoms with E-state index in [1.54, 1.807) is 17.0 Å². The van der Waals surface area contributed by atoms with Gasteiger partial charge in [-0.1, -0.05) is 53.8 Å². The van der Waals surface area contributed by atoms with Gasteiger partial charge in [0.2, 0.25) is 0 Å². The molecular weight excluding hydrogens is 538 g/mol. The Morgan fingerprint density at radius 1 is 0.947 bits per heavy atom. The third-order valence-corrected chi connectivity index (χ3v) is 7.92. The van der Waals surface area contributed by atoms with Gasteiger partial charge in [-0.2, -0.15) is 0 Å². The van der Waals surface area contributed by atoms with E-state index in [0.717, 1.165) is 44.0 Å². The third-order valence-electron chi connectivity index (χ3n) is 6.37. The quantitative estimate of drug-likeness (QED) is 0.239. The average molecular weight is 566 g/mol.